The van der Waals surface area contributed by atoms with E-state index in [-0.39, 0.29) is 23.8 Å². The highest BCUT2D eigenvalue weighted by molar-refractivity contribution is 7.10. The number of nitrogens with zero attached hydrogens (tertiary/aromatic N) is 3. The van der Waals surface area contributed by atoms with E-state index in [4.69, 9.17) is 9.15 Å². The molecule has 0 N–H and O–H groups in total. The lowest BCUT2D eigenvalue weighted by molar-refractivity contribution is -0.142. The maximum atomic E-state index is 12.9. The fourth-order valence-electron chi connectivity index (χ4n) is 2.59. The molecule has 0 radical (unpaired) electrons. The third kappa shape index (κ3) is 3.30. The highest BCUT2D eigenvalue weighted by atomic mass is 32.1. The number of morpholine rings is 1. The fourth-order valence-corrected chi connectivity index (χ4v) is 3.37. The molecule has 7 heteroatoms. The summed E-state index contributed by atoms with van der Waals surface area (Å²) < 4.78 is 11.3. The van der Waals surface area contributed by atoms with E-state index < -0.39 is 0 Å². The Labute approximate surface area is 139 Å². The van der Waals surface area contributed by atoms with Gasteiger partial charge in [0.05, 0.1) is 19.1 Å². The van der Waals surface area contributed by atoms with Crippen LogP contribution in [0.15, 0.2) is 21.9 Å². The molecule has 23 heavy (non-hydrogen) atoms. The summed E-state index contributed by atoms with van der Waals surface area (Å²) in [5.41, 5.74) is 0. The van der Waals surface area contributed by atoms with Crippen molar-refractivity contribution in [2.24, 2.45) is 0 Å². The second-order valence-corrected chi connectivity index (χ2v) is 6.97. The molecule has 6 nitrogen and oxygen atoms in total. The molecule has 2 unspecified atom stereocenters. The van der Waals surface area contributed by atoms with Gasteiger partial charge in [-0.3, -0.25) is 4.79 Å². The number of amides is 1. The van der Waals surface area contributed by atoms with E-state index in [1.807, 2.05) is 43.2 Å². The number of carbonyl (C=O) groups excluding carboxylic acids is 1. The van der Waals surface area contributed by atoms with E-state index in [1.165, 1.54) is 0 Å². The zero-order valence-electron chi connectivity index (χ0n) is 13.6. The monoisotopic (exact) mass is 335 g/mol. The lowest BCUT2D eigenvalue weighted by Crippen LogP contribution is -2.45. The summed E-state index contributed by atoms with van der Waals surface area (Å²) >= 11 is 1.60. The fraction of sp³-hybridized carbons (Fsp3) is 0.562. The Hall–Kier alpha value is -1.73. The van der Waals surface area contributed by atoms with Crippen molar-refractivity contribution < 1.29 is 13.9 Å². The van der Waals surface area contributed by atoms with E-state index in [0.29, 0.717) is 31.5 Å². The molecular weight excluding hydrogens is 314 g/mol. The molecule has 0 bridgehead atoms. The van der Waals surface area contributed by atoms with Crippen molar-refractivity contribution >= 4 is 17.2 Å². The Morgan fingerprint density at radius 3 is 2.87 bits per heavy atom. The Morgan fingerprint density at radius 2 is 2.22 bits per heavy atom. The summed E-state index contributed by atoms with van der Waals surface area (Å²) in [7, 11) is 0. The molecule has 0 spiro atoms. The highest BCUT2D eigenvalue weighted by Crippen LogP contribution is 2.30. The number of aromatic nitrogens is 2. The number of hydrogen-bond acceptors (Lipinski definition) is 6. The quantitative estimate of drug-likeness (QED) is 0.859. The van der Waals surface area contributed by atoms with Crippen LogP contribution in [0.25, 0.3) is 0 Å². The van der Waals surface area contributed by atoms with Crippen molar-refractivity contribution in [3.05, 3.63) is 34.2 Å². The average Bonchev–Trinajstić information content (AvgIpc) is 3.24. The van der Waals surface area contributed by atoms with Crippen molar-refractivity contribution in [3.8, 4) is 0 Å². The van der Waals surface area contributed by atoms with E-state index >= 15 is 0 Å². The van der Waals surface area contributed by atoms with Crippen LogP contribution in [0.3, 0.4) is 0 Å². The van der Waals surface area contributed by atoms with Crippen LogP contribution < -0.4 is 0 Å². The van der Waals surface area contributed by atoms with Gasteiger partial charge in [0.25, 0.3) is 0 Å². The number of thiophene rings is 1. The molecule has 3 heterocycles. The van der Waals surface area contributed by atoms with Gasteiger partial charge in [0.15, 0.2) is 0 Å². The second-order valence-electron chi connectivity index (χ2n) is 5.99. The van der Waals surface area contributed by atoms with Gasteiger partial charge in [-0.25, -0.2) is 0 Å². The lowest BCUT2D eigenvalue weighted by Gasteiger charge is -2.35. The third-order valence-electron chi connectivity index (χ3n) is 3.99. The summed E-state index contributed by atoms with van der Waals surface area (Å²) in [6, 6.07) is 3.65. The Balaban J connectivity index is 1.81. The van der Waals surface area contributed by atoms with E-state index in [2.05, 4.69) is 10.2 Å². The van der Waals surface area contributed by atoms with Crippen molar-refractivity contribution in [3.63, 3.8) is 0 Å². The predicted octanol–water partition coefficient (Wildman–Crippen LogP) is 2.96. The van der Waals surface area contributed by atoms with E-state index in [0.717, 1.165) is 4.88 Å². The molecule has 2 aromatic heterocycles. The normalized spacial score (nSPS) is 20.0. The van der Waals surface area contributed by atoms with Gasteiger partial charge in [-0.15, -0.1) is 21.5 Å². The van der Waals surface area contributed by atoms with E-state index in [9.17, 15) is 4.79 Å². The Bertz CT molecular complexity index is 653. The lowest BCUT2D eigenvalue weighted by atomic mass is 10.1. The number of hydrogen-bond donors (Lipinski definition) is 0. The predicted molar refractivity (Wildman–Crippen MR) is 86.4 cm³/mol. The van der Waals surface area contributed by atoms with Crippen LogP contribution in [-0.4, -0.2) is 40.8 Å². The Kier molecular flexibility index (Phi) is 4.77. The molecule has 1 aliphatic rings. The molecule has 2 atom stereocenters. The molecule has 1 amide bonds. The number of rotatable bonds is 4. The van der Waals surface area contributed by atoms with Gasteiger partial charge in [-0.1, -0.05) is 19.9 Å². The average molecular weight is 335 g/mol. The summed E-state index contributed by atoms with van der Waals surface area (Å²) in [5.74, 6) is 1.10. The van der Waals surface area contributed by atoms with E-state index in [1.54, 1.807) is 11.3 Å². The smallest absolute Gasteiger partial charge is 0.241 e. The van der Waals surface area contributed by atoms with Crippen LogP contribution in [0.2, 0.25) is 0 Å². The third-order valence-corrected chi connectivity index (χ3v) is 5.04. The molecule has 1 aliphatic heterocycles. The van der Waals surface area contributed by atoms with Crippen LogP contribution in [0, 0.1) is 0 Å². The van der Waals surface area contributed by atoms with Gasteiger partial charge in [-0.05, 0) is 18.4 Å². The minimum atomic E-state index is -0.307. The first-order valence-electron chi connectivity index (χ1n) is 7.83. The molecule has 0 saturated carbocycles. The van der Waals surface area contributed by atoms with Crippen LogP contribution >= 0.6 is 11.3 Å². The van der Waals surface area contributed by atoms with Gasteiger partial charge in [0, 0.05) is 17.3 Å². The van der Waals surface area contributed by atoms with Crippen molar-refractivity contribution in [1.29, 1.82) is 0 Å². The second kappa shape index (κ2) is 6.80. The summed E-state index contributed by atoms with van der Waals surface area (Å²) in [6.07, 6.45) is 0. The largest absolute Gasteiger partial charge is 0.423 e. The van der Waals surface area contributed by atoms with Crippen molar-refractivity contribution in [2.45, 2.75) is 38.6 Å². The molecule has 124 valence electrons. The Morgan fingerprint density at radius 1 is 1.39 bits per heavy atom. The first-order valence-corrected chi connectivity index (χ1v) is 8.70. The number of ether oxygens (including phenoxy) is 1. The minimum Gasteiger partial charge on any atom is -0.423 e. The van der Waals surface area contributed by atoms with Gasteiger partial charge < -0.3 is 14.1 Å². The van der Waals surface area contributed by atoms with Crippen LogP contribution in [0.4, 0.5) is 0 Å². The maximum absolute atomic E-state index is 12.9. The van der Waals surface area contributed by atoms with Crippen LogP contribution in [0.5, 0.6) is 0 Å². The molecule has 0 aliphatic carbocycles. The van der Waals surface area contributed by atoms with Crippen LogP contribution in [0.1, 0.15) is 55.3 Å². The zero-order valence-corrected chi connectivity index (χ0v) is 14.4. The SMILES string of the molecule is CC(C)c1nnc(C2COCCN2C(=O)C(C)c2cccs2)o1. The standard InChI is InChI=1S/C16H21N3O3S/c1-10(2)14-17-18-15(22-14)12-9-21-7-6-19(12)16(20)11(3)13-5-4-8-23-13/h4-5,8,10-12H,6-7,9H2,1-3H3. The molecule has 2 aromatic rings. The minimum absolute atomic E-state index is 0.0741. The first kappa shape index (κ1) is 16.1. The topological polar surface area (TPSA) is 68.5 Å². The maximum Gasteiger partial charge on any atom is 0.241 e. The van der Waals surface area contributed by atoms with Gasteiger partial charge in [0.1, 0.15) is 6.04 Å². The zero-order chi connectivity index (χ0) is 16.4. The first-order chi connectivity index (χ1) is 11.1. The highest BCUT2D eigenvalue weighted by Gasteiger charge is 2.35. The van der Waals surface area contributed by atoms with Gasteiger partial charge >= 0.3 is 0 Å². The number of carbonyl (C=O) groups is 1. The van der Waals surface area contributed by atoms with Crippen molar-refractivity contribution in [1.82, 2.24) is 15.1 Å². The summed E-state index contributed by atoms with van der Waals surface area (Å²) in [5, 5.41) is 10.2. The molecule has 1 fully saturated rings. The molecule has 0 aromatic carbocycles. The van der Waals surface area contributed by atoms with Crippen molar-refractivity contribution in [2.75, 3.05) is 19.8 Å². The summed E-state index contributed by atoms with van der Waals surface area (Å²) in [6.45, 7) is 7.40. The molecule has 3 rings (SSSR count). The molecular formula is C16H21N3O3S. The van der Waals surface area contributed by atoms with Gasteiger partial charge in [-0.2, -0.15) is 0 Å². The van der Waals surface area contributed by atoms with Gasteiger partial charge in [0.2, 0.25) is 17.7 Å². The summed E-state index contributed by atoms with van der Waals surface area (Å²) in [4.78, 5) is 15.8. The molecule has 1 saturated heterocycles. The van der Waals surface area contributed by atoms with Crippen LogP contribution in [-0.2, 0) is 9.53 Å².